The number of hydrogen-bond acceptors (Lipinski definition) is 1. The molecule has 0 heterocycles. The second-order valence-corrected chi connectivity index (χ2v) is 2.63. The van der Waals surface area contributed by atoms with Gasteiger partial charge in [-0.05, 0) is 32.6 Å². The van der Waals surface area contributed by atoms with Gasteiger partial charge in [-0.2, -0.15) is 0 Å². The molecule has 0 unspecified atom stereocenters. The van der Waals surface area contributed by atoms with Crippen molar-refractivity contribution in [2.45, 2.75) is 25.4 Å². The lowest BCUT2D eigenvalue weighted by Crippen LogP contribution is -2.21. The lowest BCUT2D eigenvalue weighted by Gasteiger charge is -2.13. The van der Waals surface area contributed by atoms with Crippen LogP contribution in [0.3, 0.4) is 0 Å². The van der Waals surface area contributed by atoms with Crippen molar-refractivity contribution in [1.82, 2.24) is 0 Å². The lowest BCUT2D eigenvalue weighted by molar-refractivity contribution is 0.0847. The second-order valence-electron chi connectivity index (χ2n) is 2.63. The molecule has 0 aromatic carbocycles. The first-order valence-electron chi connectivity index (χ1n) is 2.68. The summed E-state index contributed by atoms with van der Waals surface area (Å²) in [5.41, 5.74) is -0.639. The summed E-state index contributed by atoms with van der Waals surface area (Å²) in [4.78, 5) is 0. The molecule has 0 aromatic rings. The quantitative estimate of drug-likeness (QED) is 0.519. The fourth-order valence-electron chi connectivity index (χ4n) is 0.705. The highest BCUT2D eigenvalue weighted by Crippen LogP contribution is 2.38. The van der Waals surface area contributed by atoms with Crippen LogP contribution >= 0.6 is 0 Å². The third kappa shape index (κ3) is 1.16. The minimum atomic E-state index is -0.639. The van der Waals surface area contributed by atoms with Crippen molar-refractivity contribution in [3.8, 4) is 0 Å². The molecule has 1 fully saturated rings. The zero-order valence-electron chi connectivity index (χ0n) is 4.65. The van der Waals surface area contributed by atoms with Gasteiger partial charge < -0.3 is 5.11 Å². The molecule has 1 rings (SSSR count). The number of rotatable bonds is 1. The molecule has 1 heteroatoms. The van der Waals surface area contributed by atoms with Crippen molar-refractivity contribution in [3.63, 3.8) is 0 Å². The fourth-order valence-corrected chi connectivity index (χ4v) is 0.705. The van der Waals surface area contributed by atoms with Crippen molar-refractivity contribution in [2.75, 3.05) is 0 Å². The van der Waals surface area contributed by atoms with Crippen molar-refractivity contribution in [2.24, 2.45) is 5.92 Å². The summed E-state index contributed by atoms with van der Waals surface area (Å²) in [6.45, 7) is 5.36. The third-order valence-electron chi connectivity index (χ3n) is 1.46. The molecular weight excluding hydrogens is 88.1 g/mol. The Morgan fingerprint density at radius 1 is 1.71 bits per heavy atom. The average molecular weight is 99.2 g/mol. The first-order chi connectivity index (χ1) is 3.11. The van der Waals surface area contributed by atoms with Crippen LogP contribution in [0, 0.1) is 12.8 Å². The Morgan fingerprint density at radius 2 is 2.14 bits per heavy atom. The zero-order chi connectivity index (χ0) is 5.49. The van der Waals surface area contributed by atoms with E-state index < -0.39 is 5.60 Å². The maximum atomic E-state index is 9.05. The summed E-state index contributed by atoms with van der Waals surface area (Å²) in [6.07, 6.45) is 2.33. The maximum Gasteiger partial charge on any atom is 0.0648 e. The van der Waals surface area contributed by atoms with Crippen LogP contribution < -0.4 is 0 Å². The molecule has 7 heavy (non-hydrogen) atoms. The smallest absolute Gasteiger partial charge is 0.0648 e. The van der Waals surface area contributed by atoms with Crippen molar-refractivity contribution in [3.05, 3.63) is 6.92 Å². The topological polar surface area (TPSA) is 20.2 Å². The standard InChI is InChI=1S/C6H11O/c1-6(2,7)5-3-4-5/h5,7H,1,3-4H2,2H3/t6-/m1/s1. The van der Waals surface area contributed by atoms with E-state index in [0.717, 1.165) is 12.8 Å². The summed E-state index contributed by atoms with van der Waals surface area (Å²) in [7, 11) is 0. The molecule has 0 bridgehead atoms. The van der Waals surface area contributed by atoms with Crippen LogP contribution in [-0.2, 0) is 0 Å². The van der Waals surface area contributed by atoms with Crippen LogP contribution in [-0.4, -0.2) is 10.7 Å². The van der Waals surface area contributed by atoms with Gasteiger partial charge in [-0.1, -0.05) is 0 Å². The summed E-state index contributed by atoms with van der Waals surface area (Å²) >= 11 is 0. The molecule has 1 saturated carbocycles. The average Bonchev–Trinajstić information content (AvgIpc) is 1.99. The van der Waals surface area contributed by atoms with Crippen molar-refractivity contribution in [1.29, 1.82) is 0 Å². The van der Waals surface area contributed by atoms with Crippen molar-refractivity contribution >= 4 is 0 Å². The van der Waals surface area contributed by atoms with Gasteiger partial charge in [-0.25, -0.2) is 0 Å². The van der Waals surface area contributed by atoms with Crippen LogP contribution in [0.5, 0.6) is 0 Å². The Balaban J connectivity index is 2.36. The van der Waals surface area contributed by atoms with Crippen LogP contribution in [0.2, 0.25) is 0 Å². The van der Waals surface area contributed by atoms with Crippen LogP contribution in [0.15, 0.2) is 0 Å². The van der Waals surface area contributed by atoms with Crippen LogP contribution in [0.4, 0.5) is 0 Å². The predicted molar refractivity (Wildman–Crippen MR) is 28.7 cm³/mol. The molecule has 1 radical (unpaired) electrons. The maximum absolute atomic E-state index is 9.05. The Bertz CT molecular complexity index is 66.7. The van der Waals surface area contributed by atoms with Crippen molar-refractivity contribution < 1.29 is 5.11 Å². The van der Waals surface area contributed by atoms with E-state index >= 15 is 0 Å². The Labute approximate surface area is 44.4 Å². The van der Waals surface area contributed by atoms with Gasteiger partial charge in [-0.3, -0.25) is 0 Å². The first kappa shape index (κ1) is 5.10. The Hall–Kier alpha value is -0.0400. The van der Waals surface area contributed by atoms with E-state index in [1.54, 1.807) is 6.92 Å². The number of aliphatic hydroxyl groups is 1. The molecule has 0 saturated heterocycles. The molecular formula is C6H11O. The largest absolute Gasteiger partial charge is 0.390 e. The van der Waals surface area contributed by atoms with E-state index in [0.29, 0.717) is 5.92 Å². The molecule has 0 aromatic heterocycles. The first-order valence-corrected chi connectivity index (χ1v) is 2.68. The highest BCUT2D eigenvalue weighted by Gasteiger charge is 2.35. The molecule has 1 atom stereocenters. The van der Waals surface area contributed by atoms with E-state index in [4.69, 9.17) is 5.11 Å². The van der Waals surface area contributed by atoms with Gasteiger partial charge in [0.15, 0.2) is 0 Å². The zero-order valence-corrected chi connectivity index (χ0v) is 4.65. The Kier molecular flexibility index (Phi) is 0.890. The molecule has 1 nitrogen and oxygen atoms in total. The Morgan fingerprint density at radius 3 is 2.14 bits per heavy atom. The van der Waals surface area contributed by atoms with Gasteiger partial charge in [0.2, 0.25) is 0 Å². The minimum absolute atomic E-state index is 0.493. The molecule has 1 aliphatic carbocycles. The van der Waals surface area contributed by atoms with E-state index in [1.807, 2.05) is 0 Å². The van der Waals surface area contributed by atoms with E-state index in [2.05, 4.69) is 6.92 Å². The molecule has 0 amide bonds. The molecule has 0 spiro atoms. The van der Waals surface area contributed by atoms with Crippen LogP contribution in [0.25, 0.3) is 0 Å². The highest BCUT2D eigenvalue weighted by atomic mass is 16.3. The lowest BCUT2D eigenvalue weighted by atomic mass is 10.0. The monoisotopic (exact) mass is 99.1 g/mol. The van der Waals surface area contributed by atoms with Gasteiger partial charge in [0.1, 0.15) is 0 Å². The van der Waals surface area contributed by atoms with E-state index in [1.165, 1.54) is 0 Å². The van der Waals surface area contributed by atoms with Gasteiger partial charge in [0.05, 0.1) is 5.60 Å². The molecule has 41 valence electrons. The highest BCUT2D eigenvalue weighted by molar-refractivity contribution is 4.92. The molecule has 0 aliphatic heterocycles. The van der Waals surface area contributed by atoms with Gasteiger partial charge >= 0.3 is 0 Å². The SMILES string of the molecule is [CH2][C@](C)(O)C1CC1. The van der Waals surface area contributed by atoms with Crippen LogP contribution in [0.1, 0.15) is 19.8 Å². The van der Waals surface area contributed by atoms with Gasteiger partial charge in [0.25, 0.3) is 0 Å². The number of hydrogen-bond donors (Lipinski definition) is 1. The second kappa shape index (κ2) is 1.22. The third-order valence-corrected chi connectivity index (χ3v) is 1.46. The molecule has 1 aliphatic rings. The minimum Gasteiger partial charge on any atom is -0.390 e. The normalized spacial score (nSPS) is 22.7. The molecule has 1 N–H and O–H groups in total. The predicted octanol–water partition coefficient (Wildman–Crippen LogP) is 0.981. The summed E-state index contributed by atoms with van der Waals surface area (Å²) in [5.74, 6) is 0.493. The summed E-state index contributed by atoms with van der Waals surface area (Å²) < 4.78 is 0. The van der Waals surface area contributed by atoms with Gasteiger partial charge in [0, 0.05) is 0 Å². The van der Waals surface area contributed by atoms with E-state index in [9.17, 15) is 0 Å². The summed E-state index contributed by atoms with van der Waals surface area (Å²) in [5, 5.41) is 9.05. The van der Waals surface area contributed by atoms with E-state index in [-0.39, 0.29) is 0 Å². The van der Waals surface area contributed by atoms with Gasteiger partial charge in [-0.15, -0.1) is 0 Å². The summed E-state index contributed by atoms with van der Waals surface area (Å²) in [6, 6.07) is 0. The fraction of sp³-hybridized carbons (Fsp3) is 0.833.